The SMILES string of the molecule is COc1ccc(OC)c(CCNC(=O)CNC(=O)[C@]2(C)Cn3c(cc4ccccc43)C(=O)N2C)c1. The quantitative estimate of drug-likeness (QED) is 0.516. The van der Waals surface area contributed by atoms with Crippen LogP contribution in [0.1, 0.15) is 23.0 Å². The second-order valence-electron chi connectivity index (χ2n) is 8.77. The number of nitrogens with zero attached hydrogens (tertiary/aromatic N) is 2. The topological polar surface area (TPSA) is 102 Å². The number of benzene rings is 2. The Labute approximate surface area is 204 Å². The zero-order chi connectivity index (χ0) is 25.2. The number of ether oxygens (including phenoxy) is 2. The summed E-state index contributed by atoms with van der Waals surface area (Å²) in [5.74, 6) is 0.476. The van der Waals surface area contributed by atoms with Crippen molar-refractivity contribution in [3.63, 3.8) is 0 Å². The summed E-state index contributed by atoms with van der Waals surface area (Å²) < 4.78 is 12.5. The predicted molar refractivity (Wildman–Crippen MR) is 132 cm³/mol. The van der Waals surface area contributed by atoms with Gasteiger partial charge in [0.1, 0.15) is 22.7 Å². The molecule has 3 aromatic rings. The van der Waals surface area contributed by atoms with E-state index in [1.165, 1.54) is 4.90 Å². The molecule has 9 heteroatoms. The van der Waals surface area contributed by atoms with Gasteiger partial charge in [-0.15, -0.1) is 0 Å². The van der Waals surface area contributed by atoms with Gasteiger partial charge in [0, 0.05) is 24.5 Å². The maximum absolute atomic E-state index is 13.2. The third kappa shape index (κ3) is 4.53. The molecule has 9 nitrogen and oxygen atoms in total. The molecule has 1 aromatic heterocycles. The van der Waals surface area contributed by atoms with Crippen LogP contribution in [-0.4, -0.2) is 67.1 Å². The van der Waals surface area contributed by atoms with Gasteiger partial charge in [0.05, 0.1) is 27.3 Å². The van der Waals surface area contributed by atoms with Crippen molar-refractivity contribution in [2.75, 3.05) is 34.4 Å². The molecule has 0 fully saturated rings. The molecule has 0 bridgehead atoms. The first-order valence-electron chi connectivity index (χ1n) is 11.4. The van der Waals surface area contributed by atoms with Gasteiger partial charge in [0.15, 0.2) is 0 Å². The first-order valence-corrected chi connectivity index (χ1v) is 11.4. The Kier molecular flexibility index (Phi) is 6.68. The Bertz CT molecular complexity index is 1280. The highest BCUT2D eigenvalue weighted by atomic mass is 16.5. The molecule has 0 aliphatic carbocycles. The summed E-state index contributed by atoms with van der Waals surface area (Å²) in [6.07, 6.45) is 0.540. The van der Waals surface area contributed by atoms with E-state index in [1.54, 1.807) is 28.2 Å². The van der Waals surface area contributed by atoms with E-state index < -0.39 is 5.54 Å². The molecular weight excluding hydrogens is 448 g/mol. The lowest BCUT2D eigenvalue weighted by atomic mass is 9.95. The summed E-state index contributed by atoms with van der Waals surface area (Å²) in [5, 5.41) is 6.46. The molecule has 3 amide bonds. The molecule has 184 valence electrons. The molecule has 2 heterocycles. The van der Waals surface area contributed by atoms with Crippen LogP contribution in [0.15, 0.2) is 48.5 Å². The predicted octanol–water partition coefficient (Wildman–Crippen LogP) is 1.98. The lowest BCUT2D eigenvalue weighted by Crippen LogP contribution is -2.63. The van der Waals surface area contributed by atoms with Crippen LogP contribution in [0.4, 0.5) is 0 Å². The van der Waals surface area contributed by atoms with Crippen molar-refractivity contribution in [3.05, 3.63) is 59.8 Å². The summed E-state index contributed by atoms with van der Waals surface area (Å²) in [6.45, 7) is 2.18. The number of hydrogen-bond donors (Lipinski definition) is 2. The van der Waals surface area contributed by atoms with Crippen molar-refractivity contribution < 1.29 is 23.9 Å². The fraction of sp³-hybridized carbons (Fsp3) is 0.346. The molecule has 2 aromatic carbocycles. The van der Waals surface area contributed by atoms with Crippen LogP contribution in [0, 0.1) is 0 Å². The molecule has 1 atom stereocenters. The summed E-state index contributed by atoms with van der Waals surface area (Å²) in [5.41, 5.74) is 1.21. The third-order valence-corrected chi connectivity index (χ3v) is 6.64. The minimum absolute atomic E-state index is 0.190. The number of para-hydroxylation sites is 1. The van der Waals surface area contributed by atoms with Gasteiger partial charge in [-0.3, -0.25) is 14.4 Å². The largest absolute Gasteiger partial charge is 0.497 e. The lowest BCUT2D eigenvalue weighted by Gasteiger charge is -2.41. The maximum Gasteiger partial charge on any atom is 0.271 e. The summed E-state index contributed by atoms with van der Waals surface area (Å²) >= 11 is 0. The van der Waals surface area contributed by atoms with Gasteiger partial charge < -0.3 is 29.6 Å². The second-order valence-corrected chi connectivity index (χ2v) is 8.77. The van der Waals surface area contributed by atoms with Gasteiger partial charge in [-0.25, -0.2) is 0 Å². The first kappa shape index (κ1) is 24.1. The van der Waals surface area contributed by atoms with E-state index in [1.807, 2.05) is 53.1 Å². The Morgan fingerprint density at radius 1 is 1.06 bits per heavy atom. The lowest BCUT2D eigenvalue weighted by molar-refractivity contribution is -0.134. The standard InChI is InChI=1S/C26H30N4O5/c1-26(16-30-20-8-6-5-7-17(20)14-21(30)24(32)29(26)2)25(33)28-15-23(31)27-12-11-18-13-19(34-3)9-10-22(18)35-4/h5-10,13-14H,11-12,15-16H2,1-4H3,(H,27,31)(H,28,33)/t26-/m0/s1. The molecule has 0 spiro atoms. The van der Waals surface area contributed by atoms with E-state index in [4.69, 9.17) is 9.47 Å². The van der Waals surface area contributed by atoms with Gasteiger partial charge in [-0.05, 0) is 49.2 Å². The van der Waals surface area contributed by atoms with Crippen LogP contribution in [-0.2, 0) is 22.6 Å². The zero-order valence-electron chi connectivity index (χ0n) is 20.4. The van der Waals surface area contributed by atoms with Gasteiger partial charge in [0.25, 0.3) is 5.91 Å². The molecule has 4 rings (SSSR count). The number of methoxy groups -OCH3 is 2. The van der Waals surface area contributed by atoms with E-state index >= 15 is 0 Å². The number of carbonyl (C=O) groups is 3. The van der Waals surface area contributed by atoms with E-state index in [0.717, 1.165) is 16.5 Å². The Morgan fingerprint density at radius 2 is 1.83 bits per heavy atom. The zero-order valence-corrected chi connectivity index (χ0v) is 20.4. The molecular formula is C26H30N4O5. The summed E-state index contributed by atoms with van der Waals surface area (Å²) in [4.78, 5) is 40.1. The fourth-order valence-electron chi connectivity index (χ4n) is 4.42. The average Bonchev–Trinajstić information content (AvgIpc) is 3.24. The molecule has 1 aliphatic rings. The minimum atomic E-state index is -1.14. The van der Waals surface area contributed by atoms with Crippen molar-refractivity contribution in [1.82, 2.24) is 20.1 Å². The number of amides is 3. The highest BCUT2D eigenvalue weighted by molar-refractivity contribution is 6.03. The normalized spacial score (nSPS) is 17.1. The van der Waals surface area contributed by atoms with Crippen LogP contribution in [0.2, 0.25) is 0 Å². The fourth-order valence-corrected chi connectivity index (χ4v) is 4.42. The molecule has 1 aliphatic heterocycles. The molecule has 0 saturated heterocycles. The Balaban J connectivity index is 1.37. The van der Waals surface area contributed by atoms with Crippen LogP contribution in [0.25, 0.3) is 10.9 Å². The van der Waals surface area contributed by atoms with Crippen LogP contribution in [0.5, 0.6) is 11.5 Å². The number of nitrogens with one attached hydrogen (secondary N) is 2. The van der Waals surface area contributed by atoms with Gasteiger partial charge >= 0.3 is 0 Å². The number of aromatic nitrogens is 1. The molecule has 35 heavy (non-hydrogen) atoms. The Morgan fingerprint density at radius 3 is 2.57 bits per heavy atom. The van der Waals surface area contributed by atoms with E-state index in [0.29, 0.717) is 36.7 Å². The second kappa shape index (κ2) is 9.69. The van der Waals surface area contributed by atoms with Gasteiger partial charge in [0.2, 0.25) is 11.8 Å². The number of likely N-dealkylation sites (N-methyl/N-ethyl adjacent to an activating group) is 1. The number of carbonyl (C=O) groups excluding carboxylic acids is 3. The van der Waals surface area contributed by atoms with E-state index in [9.17, 15) is 14.4 Å². The minimum Gasteiger partial charge on any atom is -0.497 e. The van der Waals surface area contributed by atoms with E-state index in [-0.39, 0.29) is 24.3 Å². The molecule has 2 N–H and O–H groups in total. The van der Waals surface area contributed by atoms with Crippen LogP contribution >= 0.6 is 0 Å². The average molecular weight is 479 g/mol. The summed E-state index contributed by atoms with van der Waals surface area (Å²) in [6, 6.07) is 15.0. The molecule has 0 unspecified atom stereocenters. The van der Waals surface area contributed by atoms with Crippen LogP contribution in [0.3, 0.4) is 0 Å². The Hall–Kier alpha value is -4.01. The van der Waals surface area contributed by atoms with Crippen molar-refractivity contribution in [1.29, 1.82) is 0 Å². The van der Waals surface area contributed by atoms with Crippen molar-refractivity contribution >= 4 is 28.6 Å². The van der Waals surface area contributed by atoms with Crippen molar-refractivity contribution in [2.24, 2.45) is 0 Å². The van der Waals surface area contributed by atoms with Crippen molar-refractivity contribution in [3.8, 4) is 11.5 Å². The maximum atomic E-state index is 13.2. The van der Waals surface area contributed by atoms with Gasteiger partial charge in [-0.1, -0.05) is 18.2 Å². The van der Waals surface area contributed by atoms with E-state index in [2.05, 4.69) is 10.6 Å². The van der Waals surface area contributed by atoms with Crippen LogP contribution < -0.4 is 20.1 Å². The highest BCUT2D eigenvalue weighted by Crippen LogP contribution is 2.31. The smallest absolute Gasteiger partial charge is 0.271 e. The monoisotopic (exact) mass is 478 g/mol. The third-order valence-electron chi connectivity index (χ3n) is 6.64. The number of fused-ring (bicyclic) bond motifs is 3. The van der Waals surface area contributed by atoms with Gasteiger partial charge in [-0.2, -0.15) is 0 Å². The number of rotatable bonds is 8. The number of hydrogen-bond acceptors (Lipinski definition) is 5. The molecule has 0 saturated carbocycles. The van der Waals surface area contributed by atoms with Crippen molar-refractivity contribution in [2.45, 2.75) is 25.4 Å². The molecule has 0 radical (unpaired) electrons. The highest BCUT2D eigenvalue weighted by Gasteiger charge is 2.45. The first-order chi connectivity index (χ1) is 16.8. The summed E-state index contributed by atoms with van der Waals surface area (Å²) in [7, 11) is 4.80.